The van der Waals surface area contributed by atoms with Gasteiger partial charge in [-0.1, -0.05) is 30.5 Å². The third-order valence-electron chi connectivity index (χ3n) is 5.07. The Labute approximate surface area is 182 Å². The summed E-state index contributed by atoms with van der Waals surface area (Å²) in [5, 5.41) is 2.85. The standard InChI is InChI=1S/C22H28N2O4S2/c1-16-7-10-19(11-8-16)29-14-13-23-22(25)17-9-12-20(28-2)21(15-17)30(26,27)24-18-5-3-4-6-18/h7-12,15,18,24H,3-6,13-14H2,1-2H3,(H,23,25). The number of carbonyl (C=O) groups excluding carboxylic acids is 1. The predicted octanol–water partition coefficient (Wildman–Crippen LogP) is 3.75. The molecule has 1 aliphatic rings. The summed E-state index contributed by atoms with van der Waals surface area (Å²) in [4.78, 5) is 13.7. The van der Waals surface area contributed by atoms with E-state index in [4.69, 9.17) is 4.74 Å². The number of amides is 1. The monoisotopic (exact) mass is 448 g/mol. The van der Waals surface area contributed by atoms with Gasteiger partial charge in [0.1, 0.15) is 10.6 Å². The summed E-state index contributed by atoms with van der Waals surface area (Å²) >= 11 is 1.66. The van der Waals surface area contributed by atoms with Gasteiger partial charge < -0.3 is 10.1 Å². The van der Waals surface area contributed by atoms with E-state index in [9.17, 15) is 13.2 Å². The molecule has 0 atom stereocenters. The number of carbonyl (C=O) groups is 1. The Balaban J connectivity index is 1.62. The van der Waals surface area contributed by atoms with Crippen LogP contribution in [0.1, 0.15) is 41.6 Å². The van der Waals surface area contributed by atoms with Crippen LogP contribution in [-0.2, 0) is 10.0 Å². The number of benzene rings is 2. The first-order valence-electron chi connectivity index (χ1n) is 10.1. The Kier molecular flexibility index (Phi) is 7.80. The molecule has 162 valence electrons. The maximum atomic E-state index is 12.9. The van der Waals surface area contributed by atoms with Gasteiger partial charge in [-0.3, -0.25) is 4.79 Å². The van der Waals surface area contributed by atoms with Gasteiger partial charge in [-0.2, -0.15) is 0 Å². The van der Waals surface area contributed by atoms with E-state index in [0.717, 1.165) is 36.3 Å². The Morgan fingerprint density at radius 1 is 1.13 bits per heavy atom. The van der Waals surface area contributed by atoms with Gasteiger partial charge in [0, 0.05) is 28.8 Å². The van der Waals surface area contributed by atoms with Crippen LogP contribution in [0.15, 0.2) is 52.3 Å². The van der Waals surface area contributed by atoms with Gasteiger partial charge in [0.2, 0.25) is 10.0 Å². The molecule has 1 fully saturated rings. The summed E-state index contributed by atoms with van der Waals surface area (Å²) in [6.07, 6.45) is 3.71. The van der Waals surface area contributed by atoms with Crippen molar-refractivity contribution < 1.29 is 17.9 Å². The van der Waals surface area contributed by atoms with E-state index in [0.29, 0.717) is 12.1 Å². The minimum Gasteiger partial charge on any atom is -0.495 e. The molecule has 1 amide bonds. The van der Waals surface area contributed by atoms with E-state index in [1.165, 1.54) is 24.8 Å². The van der Waals surface area contributed by atoms with Crippen molar-refractivity contribution in [1.29, 1.82) is 0 Å². The largest absolute Gasteiger partial charge is 0.495 e. The lowest BCUT2D eigenvalue weighted by Crippen LogP contribution is -2.33. The average Bonchev–Trinajstić information content (AvgIpc) is 3.24. The summed E-state index contributed by atoms with van der Waals surface area (Å²) in [6, 6.07) is 12.7. The molecular weight excluding hydrogens is 420 g/mol. The number of ether oxygens (including phenoxy) is 1. The SMILES string of the molecule is COc1ccc(C(=O)NCCSc2ccc(C)cc2)cc1S(=O)(=O)NC1CCCC1. The number of nitrogens with one attached hydrogen (secondary N) is 2. The maximum Gasteiger partial charge on any atom is 0.251 e. The van der Waals surface area contributed by atoms with Crippen LogP contribution in [0, 0.1) is 6.92 Å². The highest BCUT2D eigenvalue weighted by molar-refractivity contribution is 7.99. The van der Waals surface area contributed by atoms with Gasteiger partial charge in [0.15, 0.2) is 0 Å². The van der Waals surface area contributed by atoms with Crippen molar-refractivity contribution in [1.82, 2.24) is 10.0 Å². The average molecular weight is 449 g/mol. The van der Waals surface area contributed by atoms with E-state index in [1.807, 2.05) is 6.92 Å². The third-order valence-corrected chi connectivity index (χ3v) is 7.63. The number of aryl methyl sites for hydroxylation is 1. The molecule has 0 saturated heterocycles. The smallest absolute Gasteiger partial charge is 0.251 e. The molecule has 0 aliphatic heterocycles. The zero-order valence-electron chi connectivity index (χ0n) is 17.3. The van der Waals surface area contributed by atoms with Gasteiger partial charge in [-0.05, 0) is 50.1 Å². The third kappa shape index (κ3) is 6.00. The zero-order valence-corrected chi connectivity index (χ0v) is 18.9. The lowest BCUT2D eigenvalue weighted by molar-refractivity contribution is 0.0956. The molecule has 6 nitrogen and oxygen atoms in total. The van der Waals surface area contributed by atoms with Crippen LogP contribution >= 0.6 is 11.8 Å². The van der Waals surface area contributed by atoms with Crippen molar-refractivity contribution in [3.8, 4) is 5.75 Å². The van der Waals surface area contributed by atoms with Crippen molar-refractivity contribution in [2.24, 2.45) is 0 Å². The molecule has 0 unspecified atom stereocenters. The molecule has 2 aromatic rings. The Morgan fingerprint density at radius 3 is 2.50 bits per heavy atom. The van der Waals surface area contributed by atoms with Gasteiger partial charge in [0.25, 0.3) is 5.91 Å². The number of hydrogen-bond donors (Lipinski definition) is 2. The first kappa shape index (κ1) is 22.7. The second kappa shape index (κ2) is 10.3. The summed E-state index contributed by atoms with van der Waals surface area (Å²) in [5.41, 5.74) is 1.50. The molecule has 0 aromatic heterocycles. The van der Waals surface area contributed by atoms with E-state index in [2.05, 4.69) is 34.3 Å². The highest BCUT2D eigenvalue weighted by Crippen LogP contribution is 2.27. The molecule has 3 rings (SSSR count). The summed E-state index contributed by atoms with van der Waals surface area (Å²) in [7, 11) is -2.34. The predicted molar refractivity (Wildman–Crippen MR) is 120 cm³/mol. The van der Waals surface area contributed by atoms with Crippen LogP contribution in [-0.4, -0.2) is 39.8 Å². The van der Waals surface area contributed by atoms with Crippen molar-refractivity contribution in [2.45, 2.75) is 48.4 Å². The normalized spacial score (nSPS) is 14.6. The molecule has 8 heteroatoms. The topological polar surface area (TPSA) is 84.5 Å². The van der Waals surface area contributed by atoms with Gasteiger partial charge in [0.05, 0.1) is 7.11 Å². The van der Waals surface area contributed by atoms with Crippen molar-refractivity contribution in [3.05, 3.63) is 53.6 Å². The van der Waals surface area contributed by atoms with Crippen molar-refractivity contribution >= 4 is 27.7 Å². The fraction of sp³-hybridized carbons (Fsp3) is 0.409. The lowest BCUT2D eigenvalue weighted by atomic mass is 10.2. The van der Waals surface area contributed by atoms with E-state index < -0.39 is 10.0 Å². The number of thioether (sulfide) groups is 1. The van der Waals surface area contributed by atoms with Crippen LogP contribution in [0.3, 0.4) is 0 Å². The van der Waals surface area contributed by atoms with Gasteiger partial charge in [-0.25, -0.2) is 13.1 Å². The van der Waals surface area contributed by atoms with E-state index in [1.54, 1.807) is 17.8 Å². The number of sulfonamides is 1. The van der Waals surface area contributed by atoms with Gasteiger partial charge in [-0.15, -0.1) is 11.8 Å². The number of hydrogen-bond acceptors (Lipinski definition) is 5. The second-order valence-electron chi connectivity index (χ2n) is 7.39. The van der Waals surface area contributed by atoms with Crippen LogP contribution in [0.4, 0.5) is 0 Å². The van der Waals surface area contributed by atoms with E-state index >= 15 is 0 Å². The first-order valence-corrected chi connectivity index (χ1v) is 12.5. The zero-order chi connectivity index (χ0) is 21.6. The molecule has 1 aliphatic carbocycles. The van der Waals surface area contributed by atoms with Crippen LogP contribution in [0.5, 0.6) is 5.75 Å². The Hall–Kier alpha value is -2.03. The minimum absolute atomic E-state index is 0.00131. The van der Waals surface area contributed by atoms with Crippen LogP contribution in [0.25, 0.3) is 0 Å². The first-order chi connectivity index (χ1) is 14.4. The molecule has 0 heterocycles. The van der Waals surface area contributed by atoms with Gasteiger partial charge >= 0.3 is 0 Å². The molecule has 2 N–H and O–H groups in total. The maximum absolute atomic E-state index is 12.9. The summed E-state index contributed by atoms with van der Waals surface area (Å²) in [5.74, 6) is 0.644. The second-order valence-corrected chi connectivity index (χ2v) is 10.2. The summed E-state index contributed by atoms with van der Waals surface area (Å²) in [6.45, 7) is 2.52. The quantitative estimate of drug-likeness (QED) is 0.451. The van der Waals surface area contributed by atoms with Crippen molar-refractivity contribution in [2.75, 3.05) is 19.4 Å². The van der Waals surface area contributed by atoms with Crippen LogP contribution < -0.4 is 14.8 Å². The summed E-state index contributed by atoms with van der Waals surface area (Å²) < 4.78 is 33.7. The molecule has 0 spiro atoms. The fourth-order valence-electron chi connectivity index (χ4n) is 3.42. The molecule has 30 heavy (non-hydrogen) atoms. The fourth-order valence-corrected chi connectivity index (χ4v) is 5.69. The Morgan fingerprint density at radius 2 is 1.83 bits per heavy atom. The highest BCUT2D eigenvalue weighted by atomic mass is 32.2. The van der Waals surface area contributed by atoms with Crippen molar-refractivity contribution in [3.63, 3.8) is 0 Å². The number of methoxy groups -OCH3 is 1. The molecule has 0 bridgehead atoms. The lowest BCUT2D eigenvalue weighted by Gasteiger charge is -2.15. The van der Waals surface area contributed by atoms with Crippen LogP contribution in [0.2, 0.25) is 0 Å². The molecular formula is C22H28N2O4S2. The Bertz CT molecular complexity index is 969. The number of rotatable bonds is 9. The van der Waals surface area contributed by atoms with E-state index in [-0.39, 0.29) is 22.6 Å². The molecule has 1 saturated carbocycles. The molecule has 2 aromatic carbocycles. The molecule has 0 radical (unpaired) electrons. The highest BCUT2D eigenvalue weighted by Gasteiger charge is 2.26. The minimum atomic E-state index is -3.77.